The first-order valence-corrected chi connectivity index (χ1v) is 7.96. The van der Waals surface area contributed by atoms with E-state index in [1.165, 1.54) is 0 Å². The molecule has 0 atom stereocenters. The predicted octanol–water partition coefficient (Wildman–Crippen LogP) is 4.71. The van der Waals surface area contributed by atoms with Crippen LogP contribution in [-0.4, -0.2) is 10.5 Å². The molecule has 0 fully saturated rings. The van der Waals surface area contributed by atoms with Crippen LogP contribution in [0.25, 0.3) is 21.8 Å². The van der Waals surface area contributed by atoms with Crippen molar-refractivity contribution in [3.8, 4) is 5.75 Å². The molecule has 0 aliphatic rings. The van der Waals surface area contributed by atoms with Crippen molar-refractivity contribution in [2.45, 2.75) is 13.5 Å². The van der Waals surface area contributed by atoms with Crippen molar-refractivity contribution in [1.29, 1.82) is 0 Å². The number of hydrogen-bond donors (Lipinski definition) is 0. The summed E-state index contributed by atoms with van der Waals surface area (Å²) in [5.74, 6) is 0.346. The predicted molar refractivity (Wildman–Crippen MR) is 96.3 cm³/mol. The van der Waals surface area contributed by atoms with Crippen LogP contribution in [0, 0.1) is 6.92 Å². The maximum absolute atomic E-state index is 12.5. The largest absolute Gasteiger partial charge is 0.425 e. The van der Waals surface area contributed by atoms with E-state index in [0.717, 1.165) is 27.4 Å². The Balaban J connectivity index is 1.73. The van der Waals surface area contributed by atoms with E-state index in [-0.39, 0.29) is 12.5 Å². The van der Waals surface area contributed by atoms with Gasteiger partial charge in [-0.1, -0.05) is 54.6 Å². The first-order chi connectivity index (χ1) is 11.7. The van der Waals surface area contributed by atoms with E-state index in [0.29, 0.717) is 5.75 Å². The zero-order valence-corrected chi connectivity index (χ0v) is 13.4. The first kappa shape index (κ1) is 14.5. The molecule has 0 aliphatic carbocycles. The second-order valence-electron chi connectivity index (χ2n) is 5.86. The van der Waals surface area contributed by atoms with Crippen LogP contribution in [0.3, 0.4) is 0 Å². The molecule has 0 amide bonds. The molecule has 118 valence electrons. The molecule has 3 heteroatoms. The molecule has 3 nitrogen and oxygen atoms in total. The average Bonchev–Trinajstić information content (AvgIpc) is 2.92. The molecule has 0 spiro atoms. The number of ether oxygens (including phenoxy) is 1. The van der Waals surface area contributed by atoms with E-state index in [9.17, 15) is 4.79 Å². The Morgan fingerprint density at radius 1 is 0.833 bits per heavy atom. The molecule has 0 saturated carbocycles. The molecule has 0 bridgehead atoms. The minimum Gasteiger partial charge on any atom is -0.425 e. The van der Waals surface area contributed by atoms with Gasteiger partial charge in [0.2, 0.25) is 0 Å². The van der Waals surface area contributed by atoms with Gasteiger partial charge < -0.3 is 9.30 Å². The Morgan fingerprint density at radius 3 is 2.00 bits per heavy atom. The van der Waals surface area contributed by atoms with Crippen molar-refractivity contribution in [1.82, 2.24) is 4.57 Å². The minimum absolute atomic E-state index is 0.183. The van der Waals surface area contributed by atoms with Gasteiger partial charge in [-0.15, -0.1) is 0 Å². The van der Waals surface area contributed by atoms with Crippen LogP contribution < -0.4 is 4.74 Å². The van der Waals surface area contributed by atoms with Gasteiger partial charge in [-0.05, 0) is 30.7 Å². The number of carbonyl (C=O) groups is 1. The maximum Gasteiger partial charge on any atom is 0.331 e. The van der Waals surface area contributed by atoms with Gasteiger partial charge in [0.25, 0.3) is 0 Å². The first-order valence-electron chi connectivity index (χ1n) is 7.96. The molecule has 0 N–H and O–H groups in total. The molecule has 24 heavy (non-hydrogen) atoms. The highest BCUT2D eigenvalue weighted by molar-refractivity contribution is 6.08. The molecule has 1 aromatic heterocycles. The molecule has 0 unspecified atom stereocenters. The Labute approximate surface area is 140 Å². The van der Waals surface area contributed by atoms with Crippen LogP contribution in [0.15, 0.2) is 72.8 Å². The summed E-state index contributed by atoms with van der Waals surface area (Å²) in [5, 5.41) is 2.30. The Bertz CT molecular complexity index is 993. The number of aryl methyl sites for hydroxylation is 1. The molecular formula is C21H17NO2. The van der Waals surface area contributed by atoms with Crippen LogP contribution in [0.4, 0.5) is 0 Å². The third-order valence-electron chi connectivity index (χ3n) is 4.28. The van der Waals surface area contributed by atoms with E-state index in [2.05, 4.69) is 12.1 Å². The minimum atomic E-state index is -0.268. The molecule has 1 heterocycles. The zero-order chi connectivity index (χ0) is 16.5. The Kier molecular flexibility index (Phi) is 3.54. The highest BCUT2D eigenvalue weighted by Crippen LogP contribution is 2.28. The number of hydrogen-bond acceptors (Lipinski definition) is 2. The topological polar surface area (TPSA) is 31.2 Å². The zero-order valence-electron chi connectivity index (χ0n) is 13.4. The normalized spacial score (nSPS) is 11.0. The third kappa shape index (κ3) is 2.44. The molecule has 3 aromatic carbocycles. The highest BCUT2D eigenvalue weighted by atomic mass is 16.5. The number of fused-ring (bicyclic) bond motifs is 3. The summed E-state index contributed by atoms with van der Waals surface area (Å²) in [6.45, 7) is 2.12. The van der Waals surface area contributed by atoms with E-state index >= 15 is 0 Å². The lowest BCUT2D eigenvalue weighted by atomic mass is 10.2. The van der Waals surface area contributed by atoms with Crippen LogP contribution in [-0.2, 0) is 11.3 Å². The number of nitrogens with zero attached hydrogens (tertiary/aromatic N) is 1. The van der Waals surface area contributed by atoms with Crippen molar-refractivity contribution < 1.29 is 9.53 Å². The number of rotatable bonds is 3. The summed E-state index contributed by atoms with van der Waals surface area (Å²) in [7, 11) is 0. The second-order valence-corrected chi connectivity index (χ2v) is 5.86. The van der Waals surface area contributed by atoms with Crippen LogP contribution in [0.1, 0.15) is 5.56 Å². The van der Waals surface area contributed by atoms with Crippen molar-refractivity contribution in [2.75, 3.05) is 0 Å². The fourth-order valence-corrected chi connectivity index (χ4v) is 3.13. The van der Waals surface area contributed by atoms with Crippen molar-refractivity contribution in [3.05, 3.63) is 78.4 Å². The van der Waals surface area contributed by atoms with Crippen molar-refractivity contribution in [2.24, 2.45) is 0 Å². The van der Waals surface area contributed by atoms with E-state index < -0.39 is 0 Å². The smallest absolute Gasteiger partial charge is 0.331 e. The van der Waals surface area contributed by atoms with Gasteiger partial charge in [0.15, 0.2) is 0 Å². The summed E-state index contributed by atoms with van der Waals surface area (Å²) in [5.41, 5.74) is 3.04. The van der Waals surface area contributed by atoms with Crippen LogP contribution in [0.2, 0.25) is 0 Å². The molecule has 0 aliphatic heterocycles. The van der Waals surface area contributed by atoms with E-state index in [1.807, 2.05) is 72.2 Å². The Hall–Kier alpha value is -3.07. The fraction of sp³-hybridized carbons (Fsp3) is 0.0952. The number of aromatic nitrogens is 1. The number of para-hydroxylation sites is 3. The van der Waals surface area contributed by atoms with Crippen molar-refractivity contribution >= 4 is 27.8 Å². The van der Waals surface area contributed by atoms with Crippen LogP contribution in [0.5, 0.6) is 5.75 Å². The van der Waals surface area contributed by atoms with Gasteiger partial charge in [0.05, 0.1) is 0 Å². The lowest BCUT2D eigenvalue weighted by Crippen LogP contribution is -2.16. The van der Waals surface area contributed by atoms with E-state index in [1.54, 1.807) is 0 Å². The third-order valence-corrected chi connectivity index (χ3v) is 4.28. The van der Waals surface area contributed by atoms with Gasteiger partial charge in [0.1, 0.15) is 12.3 Å². The molecule has 4 aromatic rings. The maximum atomic E-state index is 12.5. The van der Waals surface area contributed by atoms with Gasteiger partial charge in [-0.2, -0.15) is 0 Å². The molecule has 0 saturated heterocycles. The number of carbonyl (C=O) groups excluding carboxylic acids is 1. The standard InChI is InChI=1S/C21H17NO2/c1-15-8-2-7-13-20(15)24-21(23)14-22-18-11-5-3-9-16(18)17-10-4-6-12-19(17)22/h2-13H,14H2,1H3. The monoisotopic (exact) mass is 315 g/mol. The second kappa shape index (κ2) is 5.85. The molecular weight excluding hydrogens is 298 g/mol. The van der Waals surface area contributed by atoms with Gasteiger partial charge in [-0.3, -0.25) is 0 Å². The quantitative estimate of drug-likeness (QED) is 0.405. The SMILES string of the molecule is Cc1ccccc1OC(=O)Cn1c2ccccc2c2ccccc21. The van der Waals surface area contributed by atoms with Gasteiger partial charge >= 0.3 is 5.97 Å². The summed E-state index contributed by atoms with van der Waals surface area (Å²) >= 11 is 0. The molecule has 0 radical (unpaired) electrons. The summed E-state index contributed by atoms with van der Waals surface area (Å²) in [6.07, 6.45) is 0. The summed E-state index contributed by atoms with van der Waals surface area (Å²) in [6, 6.07) is 23.8. The van der Waals surface area contributed by atoms with Gasteiger partial charge in [-0.25, -0.2) is 4.79 Å². The number of esters is 1. The number of benzene rings is 3. The molecule has 4 rings (SSSR count). The fourth-order valence-electron chi connectivity index (χ4n) is 3.13. The van der Waals surface area contributed by atoms with Crippen LogP contribution >= 0.6 is 0 Å². The summed E-state index contributed by atoms with van der Waals surface area (Å²) < 4.78 is 7.58. The summed E-state index contributed by atoms with van der Waals surface area (Å²) in [4.78, 5) is 12.5. The van der Waals surface area contributed by atoms with Crippen molar-refractivity contribution in [3.63, 3.8) is 0 Å². The highest BCUT2D eigenvalue weighted by Gasteiger charge is 2.14. The van der Waals surface area contributed by atoms with E-state index in [4.69, 9.17) is 4.74 Å². The van der Waals surface area contributed by atoms with Gasteiger partial charge in [0, 0.05) is 21.8 Å². The lowest BCUT2D eigenvalue weighted by Gasteiger charge is -2.09. The average molecular weight is 315 g/mol. The lowest BCUT2D eigenvalue weighted by molar-refractivity contribution is -0.134. The Morgan fingerprint density at radius 2 is 1.38 bits per heavy atom.